The highest BCUT2D eigenvalue weighted by Gasteiger charge is 2.20. The van der Waals surface area contributed by atoms with E-state index in [1.807, 2.05) is 0 Å². The molecule has 0 unspecified atom stereocenters. The molecule has 3 aromatic rings. The molecular weight excluding hydrogens is 479 g/mol. The summed E-state index contributed by atoms with van der Waals surface area (Å²) in [4.78, 5) is -0.232. The number of sulfonamides is 2. The lowest BCUT2D eigenvalue weighted by atomic mass is 10.3. The molecule has 0 aliphatic carbocycles. The van der Waals surface area contributed by atoms with E-state index in [-0.39, 0.29) is 25.5 Å². The van der Waals surface area contributed by atoms with Gasteiger partial charge in [0.2, 0.25) is 0 Å². The fourth-order valence-electron chi connectivity index (χ4n) is 2.33. The van der Waals surface area contributed by atoms with Crippen molar-refractivity contribution in [3.05, 3.63) is 81.8 Å². The molecule has 0 aromatic heterocycles. The van der Waals surface area contributed by atoms with Crippen molar-refractivity contribution < 1.29 is 16.8 Å². The number of hydrogen-bond donors (Lipinski definition) is 2. The summed E-state index contributed by atoms with van der Waals surface area (Å²) in [7, 11) is -7.87. The predicted octanol–water partition coefficient (Wildman–Crippen LogP) is 5.25. The van der Waals surface area contributed by atoms with Crippen LogP contribution in [-0.2, 0) is 20.0 Å². The van der Waals surface area contributed by atoms with Crippen molar-refractivity contribution >= 4 is 66.2 Å². The van der Waals surface area contributed by atoms with E-state index in [0.29, 0.717) is 10.7 Å². The lowest BCUT2D eigenvalue weighted by Gasteiger charge is -2.11. The Morgan fingerprint density at radius 3 is 1.66 bits per heavy atom. The molecule has 0 aliphatic heterocycles. The van der Waals surface area contributed by atoms with Crippen LogP contribution in [0.5, 0.6) is 0 Å². The molecule has 0 heterocycles. The molecule has 0 spiro atoms. The molecule has 3 aromatic carbocycles. The lowest BCUT2D eigenvalue weighted by Crippen LogP contribution is -2.15. The molecule has 0 fully saturated rings. The standard InChI is InChI=1S/C18H13Cl3N2O4S2/c19-12-1-4-14(5-2-12)22-28(24,25)16-8-6-15(7-9-16)23-29(26,27)18-11-13(20)3-10-17(18)21/h1-11,22-23H. The van der Waals surface area contributed by atoms with E-state index in [1.54, 1.807) is 12.1 Å². The maximum absolute atomic E-state index is 12.5. The first-order valence-electron chi connectivity index (χ1n) is 7.93. The molecule has 29 heavy (non-hydrogen) atoms. The topological polar surface area (TPSA) is 92.3 Å². The molecule has 0 amide bonds. The van der Waals surface area contributed by atoms with E-state index in [9.17, 15) is 16.8 Å². The van der Waals surface area contributed by atoms with Crippen LogP contribution in [0.15, 0.2) is 76.5 Å². The Morgan fingerprint density at radius 2 is 1.07 bits per heavy atom. The van der Waals surface area contributed by atoms with Gasteiger partial charge >= 0.3 is 0 Å². The zero-order valence-electron chi connectivity index (χ0n) is 14.4. The molecular formula is C18H13Cl3N2O4S2. The van der Waals surface area contributed by atoms with Gasteiger partial charge in [0.25, 0.3) is 20.0 Å². The fourth-order valence-corrected chi connectivity index (χ4v) is 5.33. The average Bonchev–Trinajstić information content (AvgIpc) is 2.65. The van der Waals surface area contributed by atoms with Crippen LogP contribution in [0.4, 0.5) is 11.4 Å². The molecule has 0 bridgehead atoms. The van der Waals surface area contributed by atoms with Gasteiger partial charge in [-0.1, -0.05) is 34.8 Å². The van der Waals surface area contributed by atoms with Crippen molar-refractivity contribution in [1.82, 2.24) is 0 Å². The third-order valence-corrected chi connectivity index (χ3v) is 7.44. The van der Waals surface area contributed by atoms with E-state index in [4.69, 9.17) is 34.8 Å². The van der Waals surface area contributed by atoms with Crippen molar-refractivity contribution in [2.24, 2.45) is 0 Å². The minimum Gasteiger partial charge on any atom is -0.280 e. The normalized spacial score (nSPS) is 11.8. The fraction of sp³-hybridized carbons (Fsp3) is 0. The van der Waals surface area contributed by atoms with Crippen molar-refractivity contribution in [2.75, 3.05) is 9.44 Å². The molecule has 0 atom stereocenters. The average molecular weight is 492 g/mol. The molecule has 0 radical (unpaired) electrons. The summed E-state index contributed by atoms with van der Waals surface area (Å²) in [6.45, 7) is 0. The summed E-state index contributed by atoms with van der Waals surface area (Å²) >= 11 is 17.6. The van der Waals surface area contributed by atoms with Crippen LogP contribution in [0.3, 0.4) is 0 Å². The first-order valence-corrected chi connectivity index (χ1v) is 12.0. The molecule has 2 N–H and O–H groups in total. The summed E-state index contributed by atoms with van der Waals surface area (Å²) in [6, 6.07) is 15.4. The van der Waals surface area contributed by atoms with Crippen LogP contribution < -0.4 is 9.44 Å². The van der Waals surface area contributed by atoms with Gasteiger partial charge in [0.15, 0.2) is 0 Å². The number of halogens is 3. The largest absolute Gasteiger partial charge is 0.280 e. The molecule has 0 aliphatic rings. The second kappa shape index (κ2) is 8.41. The van der Waals surface area contributed by atoms with E-state index >= 15 is 0 Å². The molecule has 3 rings (SSSR count). The Morgan fingerprint density at radius 1 is 0.586 bits per heavy atom. The van der Waals surface area contributed by atoms with Gasteiger partial charge in [-0.3, -0.25) is 9.44 Å². The smallest absolute Gasteiger partial charge is 0.263 e. The minimum absolute atomic E-state index is 0.00765. The van der Waals surface area contributed by atoms with Crippen LogP contribution in [0.2, 0.25) is 15.1 Å². The molecule has 6 nitrogen and oxygen atoms in total. The van der Waals surface area contributed by atoms with Crippen LogP contribution >= 0.6 is 34.8 Å². The summed E-state index contributed by atoms with van der Waals surface area (Å²) in [6.07, 6.45) is 0. The second-order valence-corrected chi connectivity index (χ2v) is 10.4. The van der Waals surface area contributed by atoms with Crippen molar-refractivity contribution in [2.45, 2.75) is 9.79 Å². The Bertz CT molecular complexity index is 1250. The Kier molecular flexibility index (Phi) is 6.30. The van der Waals surface area contributed by atoms with Gasteiger partial charge in [0, 0.05) is 21.4 Å². The number of hydrogen-bond acceptors (Lipinski definition) is 4. The third-order valence-electron chi connectivity index (χ3n) is 3.70. The first kappa shape index (κ1) is 21.7. The summed E-state index contributed by atoms with van der Waals surface area (Å²) in [5.74, 6) is 0. The predicted molar refractivity (Wildman–Crippen MR) is 116 cm³/mol. The van der Waals surface area contributed by atoms with Gasteiger partial charge in [0.1, 0.15) is 4.90 Å². The molecule has 11 heteroatoms. The van der Waals surface area contributed by atoms with Crippen LogP contribution in [0, 0.1) is 0 Å². The van der Waals surface area contributed by atoms with Gasteiger partial charge in [-0.25, -0.2) is 16.8 Å². The quantitative estimate of drug-likeness (QED) is 0.493. The number of nitrogens with one attached hydrogen (secondary N) is 2. The third kappa shape index (κ3) is 5.34. The second-order valence-electron chi connectivity index (χ2n) is 5.82. The highest BCUT2D eigenvalue weighted by molar-refractivity contribution is 7.93. The monoisotopic (exact) mass is 490 g/mol. The zero-order valence-corrected chi connectivity index (χ0v) is 18.3. The summed E-state index contributed by atoms with van der Waals surface area (Å²) in [5.41, 5.74) is 0.501. The summed E-state index contributed by atoms with van der Waals surface area (Å²) in [5, 5.41) is 0.696. The Labute approximate surface area is 183 Å². The van der Waals surface area contributed by atoms with Crippen molar-refractivity contribution in [1.29, 1.82) is 0 Å². The van der Waals surface area contributed by atoms with Crippen molar-refractivity contribution in [3.8, 4) is 0 Å². The van der Waals surface area contributed by atoms with Gasteiger partial charge in [0.05, 0.1) is 9.92 Å². The maximum Gasteiger partial charge on any atom is 0.263 e. The minimum atomic E-state index is -4.01. The van der Waals surface area contributed by atoms with Gasteiger partial charge < -0.3 is 0 Å². The molecule has 0 saturated carbocycles. The van der Waals surface area contributed by atoms with Crippen LogP contribution in [0.1, 0.15) is 0 Å². The zero-order chi connectivity index (χ0) is 21.2. The van der Waals surface area contributed by atoms with Crippen LogP contribution in [0.25, 0.3) is 0 Å². The Balaban J connectivity index is 1.81. The SMILES string of the molecule is O=S(=O)(Nc1ccc(Cl)cc1)c1ccc(NS(=O)(=O)c2cc(Cl)ccc2Cl)cc1. The van der Waals surface area contributed by atoms with E-state index in [0.717, 1.165) is 0 Å². The summed E-state index contributed by atoms with van der Waals surface area (Å²) < 4.78 is 54.8. The number of rotatable bonds is 6. The van der Waals surface area contributed by atoms with Gasteiger partial charge in [-0.05, 0) is 66.7 Å². The molecule has 0 saturated heterocycles. The van der Waals surface area contributed by atoms with E-state index in [1.165, 1.54) is 54.6 Å². The number of anilines is 2. The lowest BCUT2D eigenvalue weighted by molar-refractivity contribution is 0.600. The van der Waals surface area contributed by atoms with E-state index in [2.05, 4.69) is 9.44 Å². The highest BCUT2D eigenvalue weighted by atomic mass is 35.5. The van der Waals surface area contributed by atoms with Gasteiger partial charge in [-0.15, -0.1) is 0 Å². The number of benzene rings is 3. The Hall–Kier alpha value is -1.97. The van der Waals surface area contributed by atoms with Crippen molar-refractivity contribution in [3.63, 3.8) is 0 Å². The molecule has 152 valence electrons. The maximum atomic E-state index is 12.5. The highest BCUT2D eigenvalue weighted by Crippen LogP contribution is 2.27. The first-order chi connectivity index (χ1) is 13.6. The van der Waals surface area contributed by atoms with E-state index < -0.39 is 20.0 Å². The van der Waals surface area contributed by atoms with Crippen LogP contribution in [-0.4, -0.2) is 16.8 Å². The van der Waals surface area contributed by atoms with Gasteiger partial charge in [-0.2, -0.15) is 0 Å².